The number of nitrogens with zero attached hydrogens (tertiary/aromatic N) is 4. The molecule has 3 heterocycles. The molecular weight excluding hydrogens is 356 g/mol. The number of piperidine rings is 1. The van der Waals surface area contributed by atoms with Crippen molar-refractivity contribution < 1.29 is 9.59 Å². The van der Waals surface area contributed by atoms with Crippen LogP contribution in [0.2, 0.25) is 0 Å². The van der Waals surface area contributed by atoms with Crippen molar-refractivity contribution in [2.24, 2.45) is 5.92 Å². The quantitative estimate of drug-likeness (QED) is 0.790. The van der Waals surface area contributed by atoms with Crippen molar-refractivity contribution in [2.75, 3.05) is 26.2 Å². The van der Waals surface area contributed by atoms with Crippen LogP contribution in [-0.4, -0.2) is 63.9 Å². The van der Waals surface area contributed by atoms with Crippen molar-refractivity contribution in [2.45, 2.75) is 51.6 Å². The Labute approximate surface area is 160 Å². The highest BCUT2D eigenvalue weighted by Crippen LogP contribution is 2.24. The molecule has 2 fully saturated rings. The van der Waals surface area contributed by atoms with E-state index in [1.165, 1.54) is 6.92 Å². The Bertz CT molecular complexity index is 616. The number of aromatic nitrogens is 3. The second-order valence-corrected chi connectivity index (χ2v) is 7.13. The van der Waals surface area contributed by atoms with E-state index in [9.17, 15) is 9.59 Å². The average Bonchev–Trinajstić information content (AvgIpc) is 3.23. The molecule has 0 spiro atoms. The fourth-order valence-corrected chi connectivity index (χ4v) is 3.91. The van der Waals surface area contributed by atoms with Gasteiger partial charge >= 0.3 is 0 Å². The molecule has 2 N–H and O–H groups in total. The number of rotatable bonds is 5. The molecule has 1 aromatic rings. The molecule has 8 nitrogen and oxygen atoms in total. The first kappa shape index (κ1) is 20.6. The van der Waals surface area contributed by atoms with Gasteiger partial charge in [-0.25, -0.2) is 4.68 Å². The molecule has 146 valence electrons. The van der Waals surface area contributed by atoms with E-state index >= 15 is 0 Å². The van der Waals surface area contributed by atoms with Gasteiger partial charge in [0.2, 0.25) is 5.91 Å². The molecule has 0 radical (unpaired) electrons. The largest absolute Gasteiger partial charge is 0.351 e. The summed E-state index contributed by atoms with van der Waals surface area (Å²) in [4.78, 5) is 26.0. The summed E-state index contributed by atoms with van der Waals surface area (Å²) in [5, 5.41) is 14.6. The van der Waals surface area contributed by atoms with Gasteiger partial charge in [0.05, 0.1) is 18.3 Å². The minimum atomic E-state index is -0.0888. The molecule has 2 aliphatic rings. The minimum Gasteiger partial charge on any atom is -0.351 e. The maximum Gasteiger partial charge on any atom is 0.276 e. The van der Waals surface area contributed by atoms with Gasteiger partial charge in [0.1, 0.15) is 0 Å². The number of amides is 2. The molecule has 1 aromatic heterocycles. The van der Waals surface area contributed by atoms with Crippen molar-refractivity contribution in [3.05, 3.63) is 11.9 Å². The molecule has 9 heteroatoms. The van der Waals surface area contributed by atoms with Gasteiger partial charge in [0.25, 0.3) is 5.91 Å². The Morgan fingerprint density at radius 2 is 2.04 bits per heavy atom. The second kappa shape index (κ2) is 9.32. The Balaban J connectivity index is 0.00000243. The zero-order valence-electron chi connectivity index (χ0n) is 15.5. The van der Waals surface area contributed by atoms with E-state index in [1.54, 1.807) is 11.1 Å². The number of hydrogen-bond acceptors (Lipinski definition) is 5. The summed E-state index contributed by atoms with van der Waals surface area (Å²) in [5.74, 6) is 0.170. The van der Waals surface area contributed by atoms with Gasteiger partial charge in [0.15, 0.2) is 5.69 Å². The summed E-state index contributed by atoms with van der Waals surface area (Å²) in [7, 11) is 0. The molecule has 0 aromatic carbocycles. The lowest BCUT2D eigenvalue weighted by atomic mass is 9.98. The van der Waals surface area contributed by atoms with E-state index in [0.29, 0.717) is 30.7 Å². The van der Waals surface area contributed by atoms with Crippen LogP contribution in [0.4, 0.5) is 0 Å². The molecular formula is C17H29ClN6O2. The third kappa shape index (κ3) is 4.73. The van der Waals surface area contributed by atoms with Crippen LogP contribution in [0, 0.1) is 5.92 Å². The molecule has 2 amide bonds. The van der Waals surface area contributed by atoms with Gasteiger partial charge in [-0.1, -0.05) is 18.6 Å². The van der Waals surface area contributed by atoms with Crippen LogP contribution < -0.4 is 10.6 Å². The predicted molar refractivity (Wildman–Crippen MR) is 100 cm³/mol. The van der Waals surface area contributed by atoms with Gasteiger partial charge < -0.3 is 15.5 Å². The van der Waals surface area contributed by atoms with Crippen LogP contribution in [0.15, 0.2) is 6.20 Å². The third-order valence-corrected chi connectivity index (χ3v) is 5.19. The molecule has 0 aliphatic carbocycles. The van der Waals surface area contributed by atoms with Crippen LogP contribution in [0.3, 0.4) is 0 Å². The summed E-state index contributed by atoms with van der Waals surface area (Å²) in [6.45, 7) is 6.80. The highest BCUT2D eigenvalue weighted by molar-refractivity contribution is 5.92. The van der Waals surface area contributed by atoms with Crippen molar-refractivity contribution in [3.63, 3.8) is 0 Å². The first-order chi connectivity index (χ1) is 12.1. The maximum absolute atomic E-state index is 12.8. The van der Waals surface area contributed by atoms with Crippen molar-refractivity contribution in [3.8, 4) is 0 Å². The van der Waals surface area contributed by atoms with Crippen LogP contribution in [0.25, 0.3) is 0 Å². The highest BCUT2D eigenvalue weighted by Gasteiger charge is 2.36. The summed E-state index contributed by atoms with van der Waals surface area (Å²) in [6.07, 6.45) is 5.82. The van der Waals surface area contributed by atoms with E-state index in [2.05, 4.69) is 27.9 Å². The van der Waals surface area contributed by atoms with Gasteiger partial charge in [-0.15, -0.1) is 17.5 Å². The molecule has 2 saturated heterocycles. The lowest BCUT2D eigenvalue weighted by molar-refractivity contribution is -0.119. The minimum absolute atomic E-state index is 0. The topological polar surface area (TPSA) is 92.2 Å². The van der Waals surface area contributed by atoms with E-state index in [1.807, 2.05) is 4.68 Å². The van der Waals surface area contributed by atoms with Gasteiger partial charge in [-0.3, -0.25) is 9.59 Å². The fourth-order valence-electron chi connectivity index (χ4n) is 3.91. The Morgan fingerprint density at radius 3 is 2.69 bits per heavy atom. The number of halogens is 1. The Morgan fingerprint density at radius 1 is 1.31 bits per heavy atom. The number of nitrogens with one attached hydrogen (secondary N) is 2. The molecule has 0 unspecified atom stereocenters. The standard InChI is InChI=1S/C17H28N6O2.ClH/c1-3-4-13-9-22(10-15(13)19-12(2)24)17(25)16-11-23(21-20-16)14-5-7-18-8-6-14;/h11,13-15,18H,3-10H2,1-2H3,(H,19,24);1H/t13-,15-;/m1./s1. The van der Waals surface area contributed by atoms with E-state index in [-0.39, 0.29) is 30.3 Å². The number of carbonyl (C=O) groups excluding carboxylic acids is 2. The summed E-state index contributed by atoms with van der Waals surface area (Å²) < 4.78 is 1.83. The number of likely N-dealkylation sites (tertiary alicyclic amines) is 1. The zero-order chi connectivity index (χ0) is 17.8. The predicted octanol–water partition coefficient (Wildman–Crippen LogP) is 1.00. The van der Waals surface area contributed by atoms with Crippen LogP contribution in [-0.2, 0) is 4.79 Å². The molecule has 3 rings (SSSR count). The lowest BCUT2D eigenvalue weighted by Gasteiger charge is -2.22. The second-order valence-electron chi connectivity index (χ2n) is 7.13. The van der Waals surface area contributed by atoms with E-state index in [0.717, 1.165) is 38.8 Å². The molecule has 0 bridgehead atoms. The van der Waals surface area contributed by atoms with Crippen molar-refractivity contribution in [1.29, 1.82) is 0 Å². The van der Waals surface area contributed by atoms with Crippen LogP contribution in [0.1, 0.15) is 56.1 Å². The lowest BCUT2D eigenvalue weighted by Crippen LogP contribution is -2.39. The smallest absolute Gasteiger partial charge is 0.276 e. The summed E-state index contributed by atoms with van der Waals surface area (Å²) in [6, 6.07) is 0.342. The van der Waals surface area contributed by atoms with Crippen molar-refractivity contribution in [1.82, 2.24) is 30.5 Å². The molecule has 0 saturated carbocycles. The van der Waals surface area contributed by atoms with Gasteiger partial charge in [0, 0.05) is 20.0 Å². The zero-order valence-corrected chi connectivity index (χ0v) is 16.3. The summed E-state index contributed by atoms with van der Waals surface area (Å²) in [5.41, 5.74) is 0.400. The SMILES string of the molecule is CCC[C@@H]1CN(C(=O)c2cn(C3CCNCC3)nn2)C[C@H]1NC(C)=O.Cl. The normalized spacial score (nSPS) is 23.5. The number of hydrogen-bond donors (Lipinski definition) is 2. The van der Waals surface area contributed by atoms with Crippen molar-refractivity contribution >= 4 is 24.2 Å². The molecule has 2 atom stereocenters. The molecule has 2 aliphatic heterocycles. The van der Waals surface area contributed by atoms with Crippen LogP contribution in [0.5, 0.6) is 0 Å². The van der Waals surface area contributed by atoms with E-state index in [4.69, 9.17) is 0 Å². The van der Waals surface area contributed by atoms with E-state index < -0.39 is 0 Å². The average molecular weight is 385 g/mol. The first-order valence-corrected chi connectivity index (χ1v) is 9.27. The molecule has 26 heavy (non-hydrogen) atoms. The monoisotopic (exact) mass is 384 g/mol. The number of carbonyl (C=O) groups is 2. The van der Waals surface area contributed by atoms with Gasteiger partial charge in [-0.05, 0) is 38.3 Å². The maximum atomic E-state index is 12.8. The third-order valence-electron chi connectivity index (χ3n) is 5.19. The Hall–Kier alpha value is -1.67. The summed E-state index contributed by atoms with van der Waals surface area (Å²) >= 11 is 0. The fraction of sp³-hybridized carbons (Fsp3) is 0.765. The Kier molecular flexibility index (Phi) is 7.40. The first-order valence-electron chi connectivity index (χ1n) is 9.27. The van der Waals surface area contributed by atoms with Crippen LogP contribution >= 0.6 is 12.4 Å². The highest BCUT2D eigenvalue weighted by atomic mass is 35.5. The van der Waals surface area contributed by atoms with Gasteiger partial charge in [-0.2, -0.15) is 0 Å².